The Morgan fingerprint density at radius 2 is 1.80 bits per heavy atom. The van der Waals surface area contributed by atoms with Crippen LogP contribution >= 0.6 is 22.9 Å². The number of hydrogen-bond acceptors (Lipinski definition) is 4. The van der Waals surface area contributed by atoms with Crippen LogP contribution in [0, 0.1) is 0 Å². The first-order valence-electron chi connectivity index (χ1n) is 5.99. The summed E-state index contributed by atoms with van der Waals surface area (Å²) in [5.41, 5.74) is 1.91. The van der Waals surface area contributed by atoms with E-state index in [9.17, 15) is 0 Å². The van der Waals surface area contributed by atoms with Crippen LogP contribution < -0.4 is 9.47 Å². The molecule has 1 aromatic carbocycles. The van der Waals surface area contributed by atoms with Gasteiger partial charge in [-0.2, -0.15) is 0 Å². The quantitative estimate of drug-likeness (QED) is 0.706. The Morgan fingerprint density at radius 3 is 2.45 bits per heavy atom. The standard InChI is InChI=1S/C15H12ClNO2S/c1-18-12-6-9-5-10(14-3-4-15(16)20-14)8-17-11(9)7-13(12)19-2/h3-8H,1-2H3. The van der Waals surface area contributed by atoms with Crippen LogP contribution in [0.2, 0.25) is 4.34 Å². The van der Waals surface area contributed by atoms with Crippen molar-refractivity contribution in [2.24, 2.45) is 0 Å². The lowest BCUT2D eigenvalue weighted by Gasteiger charge is -2.09. The number of aromatic nitrogens is 1. The maximum Gasteiger partial charge on any atom is 0.162 e. The van der Waals surface area contributed by atoms with Crippen molar-refractivity contribution >= 4 is 33.8 Å². The molecule has 0 spiro atoms. The van der Waals surface area contributed by atoms with Crippen LogP contribution in [0.3, 0.4) is 0 Å². The number of hydrogen-bond donors (Lipinski definition) is 0. The third-order valence-corrected chi connectivity index (χ3v) is 4.32. The van der Waals surface area contributed by atoms with Crippen LogP contribution in [0.5, 0.6) is 11.5 Å². The highest BCUT2D eigenvalue weighted by Crippen LogP contribution is 2.35. The highest BCUT2D eigenvalue weighted by atomic mass is 35.5. The first kappa shape index (κ1) is 13.2. The highest BCUT2D eigenvalue weighted by molar-refractivity contribution is 7.19. The highest BCUT2D eigenvalue weighted by Gasteiger charge is 2.09. The molecule has 2 aromatic heterocycles. The fraction of sp³-hybridized carbons (Fsp3) is 0.133. The molecule has 3 nitrogen and oxygen atoms in total. The summed E-state index contributed by atoms with van der Waals surface area (Å²) < 4.78 is 11.4. The first-order valence-corrected chi connectivity index (χ1v) is 7.18. The number of ether oxygens (including phenoxy) is 2. The molecule has 0 atom stereocenters. The second-order valence-electron chi connectivity index (χ2n) is 4.23. The molecule has 20 heavy (non-hydrogen) atoms. The normalized spacial score (nSPS) is 10.8. The minimum Gasteiger partial charge on any atom is -0.493 e. The second-order valence-corrected chi connectivity index (χ2v) is 5.94. The number of halogens is 1. The molecule has 0 saturated heterocycles. The molecule has 0 aliphatic rings. The topological polar surface area (TPSA) is 31.4 Å². The van der Waals surface area contributed by atoms with Crippen LogP contribution in [-0.4, -0.2) is 19.2 Å². The monoisotopic (exact) mass is 305 g/mol. The summed E-state index contributed by atoms with van der Waals surface area (Å²) in [6.45, 7) is 0. The molecule has 2 heterocycles. The van der Waals surface area contributed by atoms with Gasteiger partial charge in [-0.1, -0.05) is 11.6 Å². The van der Waals surface area contributed by atoms with Gasteiger partial charge in [0.05, 0.1) is 24.1 Å². The van der Waals surface area contributed by atoms with Crippen LogP contribution in [0.1, 0.15) is 0 Å². The summed E-state index contributed by atoms with van der Waals surface area (Å²) in [4.78, 5) is 5.58. The molecule has 0 N–H and O–H groups in total. The second kappa shape index (κ2) is 5.31. The van der Waals surface area contributed by atoms with Crippen molar-refractivity contribution in [1.29, 1.82) is 0 Å². The molecule has 0 radical (unpaired) electrons. The van der Waals surface area contributed by atoms with Crippen LogP contribution in [0.15, 0.2) is 36.5 Å². The predicted octanol–water partition coefficient (Wildman–Crippen LogP) is 4.63. The number of rotatable bonds is 3. The van der Waals surface area contributed by atoms with Gasteiger partial charge in [0.15, 0.2) is 11.5 Å². The lowest BCUT2D eigenvalue weighted by molar-refractivity contribution is 0.356. The maximum atomic E-state index is 5.98. The summed E-state index contributed by atoms with van der Waals surface area (Å²) in [6.07, 6.45) is 1.84. The van der Waals surface area contributed by atoms with Gasteiger partial charge in [-0.3, -0.25) is 4.98 Å². The smallest absolute Gasteiger partial charge is 0.162 e. The number of pyridine rings is 1. The molecule has 0 bridgehead atoms. The largest absolute Gasteiger partial charge is 0.493 e. The van der Waals surface area contributed by atoms with E-state index in [4.69, 9.17) is 21.1 Å². The molecule has 102 valence electrons. The summed E-state index contributed by atoms with van der Waals surface area (Å²) in [7, 11) is 3.24. The number of benzene rings is 1. The zero-order valence-corrected chi connectivity index (χ0v) is 12.6. The lowest BCUT2D eigenvalue weighted by atomic mass is 10.1. The van der Waals surface area contributed by atoms with Gasteiger partial charge in [-0.15, -0.1) is 11.3 Å². The molecular weight excluding hydrogens is 294 g/mol. The molecule has 0 amide bonds. The SMILES string of the molecule is COc1cc2cc(-c3ccc(Cl)s3)cnc2cc1OC. The zero-order valence-electron chi connectivity index (χ0n) is 11.0. The summed E-state index contributed by atoms with van der Waals surface area (Å²) in [5.74, 6) is 1.38. The Hall–Kier alpha value is -1.78. The van der Waals surface area contributed by atoms with E-state index < -0.39 is 0 Å². The molecule has 0 fully saturated rings. The van der Waals surface area contributed by atoms with E-state index >= 15 is 0 Å². The van der Waals surface area contributed by atoms with Crippen molar-refractivity contribution in [3.8, 4) is 21.9 Å². The Morgan fingerprint density at radius 1 is 1.05 bits per heavy atom. The molecule has 0 aliphatic heterocycles. The fourth-order valence-corrected chi connectivity index (χ4v) is 3.08. The van der Waals surface area contributed by atoms with E-state index in [-0.39, 0.29) is 0 Å². The number of nitrogens with zero attached hydrogens (tertiary/aromatic N) is 1. The molecule has 3 rings (SSSR count). The Bertz CT molecular complexity index is 770. The van der Waals surface area contributed by atoms with Gasteiger partial charge < -0.3 is 9.47 Å². The van der Waals surface area contributed by atoms with Crippen molar-refractivity contribution in [3.63, 3.8) is 0 Å². The number of fused-ring (bicyclic) bond motifs is 1. The Labute approximate surface area is 125 Å². The third-order valence-electron chi connectivity index (χ3n) is 3.04. The van der Waals surface area contributed by atoms with E-state index in [0.29, 0.717) is 11.5 Å². The number of thiophene rings is 1. The van der Waals surface area contributed by atoms with Crippen molar-refractivity contribution in [1.82, 2.24) is 4.98 Å². The predicted molar refractivity (Wildman–Crippen MR) is 83.2 cm³/mol. The average molecular weight is 306 g/mol. The van der Waals surface area contributed by atoms with Gasteiger partial charge in [0.1, 0.15) is 0 Å². The summed E-state index contributed by atoms with van der Waals surface area (Å²) in [6, 6.07) is 9.77. The fourth-order valence-electron chi connectivity index (χ4n) is 2.06. The van der Waals surface area contributed by atoms with E-state index in [2.05, 4.69) is 11.1 Å². The van der Waals surface area contributed by atoms with E-state index in [1.807, 2.05) is 30.5 Å². The van der Waals surface area contributed by atoms with Crippen molar-refractivity contribution in [3.05, 3.63) is 40.9 Å². The maximum absolute atomic E-state index is 5.98. The number of methoxy groups -OCH3 is 2. The molecule has 5 heteroatoms. The minimum absolute atomic E-state index is 0.680. The van der Waals surface area contributed by atoms with Crippen molar-refractivity contribution in [2.75, 3.05) is 14.2 Å². The summed E-state index contributed by atoms with van der Waals surface area (Å²) in [5, 5.41) is 1.00. The van der Waals surface area contributed by atoms with Crippen molar-refractivity contribution < 1.29 is 9.47 Å². The van der Waals surface area contributed by atoms with Crippen LogP contribution in [0.4, 0.5) is 0 Å². The average Bonchev–Trinajstić information content (AvgIpc) is 2.91. The first-order chi connectivity index (χ1) is 9.71. The van der Waals surface area contributed by atoms with Gasteiger partial charge in [-0.05, 0) is 24.3 Å². The zero-order chi connectivity index (χ0) is 14.1. The van der Waals surface area contributed by atoms with Gasteiger partial charge in [0, 0.05) is 28.1 Å². The van der Waals surface area contributed by atoms with E-state index in [1.54, 1.807) is 14.2 Å². The third kappa shape index (κ3) is 2.32. The summed E-state index contributed by atoms with van der Waals surface area (Å²) >= 11 is 7.51. The van der Waals surface area contributed by atoms with E-state index in [0.717, 1.165) is 25.7 Å². The van der Waals surface area contributed by atoms with Crippen LogP contribution in [-0.2, 0) is 0 Å². The molecule has 0 aliphatic carbocycles. The van der Waals surface area contributed by atoms with Gasteiger partial charge >= 0.3 is 0 Å². The Balaban J connectivity index is 2.15. The molecule has 0 saturated carbocycles. The molecule has 3 aromatic rings. The molecule has 0 unspecified atom stereocenters. The Kier molecular flexibility index (Phi) is 3.51. The molecular formula is C15H12ClNO2S. The van der Waals surface area contributed by atoms with Gasteiger partial charge in [0.2, 0.25) is 0 Å². The minimum atomic E-state index is 0.680. The van der Waals surface area contributed by atoms with Crippen molar-refractivity contribution in [2.45, 2.75) is 0 Å². The lowest BCUT2D eigenvalue weighted by Crippen LogP contribution is -1.91. The van der Waals surface area contributed by atoms with Gasteiger partial charge in [0.25, 0.3) is 0 Å². The van der Waals surface area contributed by atoms with E-state index in [1.165, 1.54) is 11.3 Å². The van der Waals surface area contributed by atoms with Crippen LogP contribution in [0.25, 0.3) is 21.3 Å². The van der Waals surface area contributed by atoms with Gasteiger partial charge in [-0.25, -0.2) is 0 Å².